The van der Waals surface area contributed by atoms with E-state index in [0.29, 0.717) is 17.9 Å². The van der Waals surface area contributed by atoms with Crippen molar-refractivity contribution in [3.05, 3.63) is 46.7 Å². The summed E-state index contributed by atoms with van der Waals surface area (Å²) in [4.78, 5) is 0.155. The summed E-state index contributed by atoms with van der Waals surface area (Å²) in [6.45, 7) is 2.48. The molecule has 0 fully saturated rings. The summed E-state index contributed by atoms with van der Waals surface area (Å²) in [5, 5.41) is 9.30. The van der Waals surface area contributed by atoms with Gasteiger partial charge in [0, 0.05) is 28.6 Å². The number of rotatable bonds is 6. The lowest BCUT2D eigenvalue weighted by Gasteiger charge is -2.06. The van der Waals surface area contributed by atoms with Gasteiger partial charge in [0.25, 0.3) is 10.0 Å². The second-order valence-corrected chi connectivity index (χ2v) is 7.23. The molecular formula is C14H17BrN2O3S. The van der Waals surface area contributed by atoms with Gasteiger partial charge in [0.05, 0.1) is 6.61 Å². The number of aliphatic hydroxyl groups is 1. The van der Waals surface area contributed by atoms with Crippen LogP contribution in [0.4, 0.5) is 5.69 Å². The molecule has 0 saturated carbocycles. The quantitative estimate of drug-likeness (QED) is 0.818. The van der Waals surface area contributed by atoms with E-state index >= 15 is 0 Å². The van der Waals surface area contributed by atoms with Crippen molar-refractivity contribution in [2.45, 2.75) is 31.4 Å². The average molecular weight is 373 g/mol. The van der Waals surface area contributed by atoms with Crippen LogP contribution in [0.3, 0.4) is 0 Å². The molecule has 1 heterocycles. The number of hydrogen-bond donors (Lipinski definition) is 2. The lowest BCUT2D eigenvalue weighted by atomic mass is 10.3. The second kappa shape index (κ2) is 6.64. The Morgan fingerprint density at radius 1 is 1.29 bits per heavy atom. The molecule has 21 heavy (non-hydrogen) atoms. The van der Waals surface area contributed by atoms with Crippen molar-refractivity contribution < 1.29 is 13.5 Å². The van der Waals surface area contributed by atoms with Gasteiger partial charge in [-0.3, -0.25) is 4.72 Å². The minimum absolute atomic E-state index is 0.155. The molecular weight excluding hydrogens is 356 g/mol. The lowest BCUT2D eigenvalue weighted by molar-refractivity contribution is 0.270. The van der Waals surface area contributed by atoms with Crippen LogP contribution < -0.4 is 4.72 Å². The number of halogens is 1. The molecule has 0 spiro atoms. The number of aryl methyl sites for hydroxylation is 1. The molecule has 0 aliphatic rings. The molecule has 2 aromatic rings. The number of benzene rings is 1. The highest BCUT2D eigenvalue weighted by Crippen LogP contribution is 2.20. The van der Waals surface area contributed by atoms with E-state index in [0.717, 1.165) is 10.9 Å². The Morgan fingerprint density at radius 3 is 2.52 bits per heavy atom. The van der Waals surface area contributed by atoms with Crippen LogP contribution in [0.1, 0.15) is 19.0 Å². The predicted molar refractivity (Wildman–Crippen MR) is 85.6 cm³/mol. The van der Waals surface area contributed by atoms with Crippen LogP contribution in [-0.4, -0.2) is 18.1 Å². The molecule has 0 amide bonds. The Morgan fingerprint density at radius 2 is 1.95 bits per heavy atom. The van der Waals surface area contributed by atoms with E-state index in [1.165, 1.54) is 6.07 Å². The first-order valence-corrected chi connectivity index (χ1v) is 8.82. The lowest BCUT2D eigenvalue weighted by Crippen LogP contribution is -2.12. The summed E-state index contributed by atoms with van der Waals surface area (Å²) in [7, 11) is -3.65. The molecule has 0 unspecified atom stereocenters. The standard InChI is InChI=1S/C14H17BrN2O3S/c1-2-7-17-9-14(8-13(17)10-18)21(19,20)16-12-5-3-11(15)4-6-12/h3-6,8-9,16,18H,2,7,10H2,1H3. The third kappa shape index (κ3) is 3.87. The molecule has 1 aromatic heterocycles. The van der Waals surface area contributed by atoms with E-state index in [4.69, 9.17) is 0 Å². The summed E-state index contributed by atoms with van der Waals surface area (Å²) in [5.74, 6) is 0. The van der Waals surface area contributed by atoms with Crippen molar-refractivity contribution in [3.8, 4) is 0 Å². The Bertz CT molecular complexity index is 708. The second-order valence-electron chi connectivity index (χ2n) is 4.63. The fourth-order valence-corrected chi connectivity index (χ4v) is 3.37. The zero-order chi connectivity index (χ0) is 15.5. The van der Waals surface area contributed by atoms with Gasteiger partial charge >= 0.3 is 0 Å². The summed E-state index contributed by atoms with van der Waals surface area (Å²) in [6.07, 6.45) is 2.41. The van der Waals surface area contributed by atoms with Crippen LogP contribution in [0.25, 0.3) is 0 Å². The topological polar surface area (TPSA) is 71.3 Å². The smallest absolute Gasteiger partial charge is 0.263 e. The van der Waals surface area contributed by atoms with E-state index in [1.54, 1.807) is 35.0 Å². The Hall–Kier alpha value is -1.31. The molecule has 7 heteroatoms. The zero-order valence-electron chi connectivity index (χ0n) is 11.6. The van der Waals surface area contributed by atoms with Crippen LogP contribution in [0.2, 0.25) is 0 Å². The van der Waals surface area contributed by atoms with Gasteiger partial charge in [-0.1, -0.05) is 22.9 Å². The molecule has 1 aromatic carbocycles. The molecule has 2 rings (SSSR count). The van der Waals surface area contributed by atoms with E-state index in [9.17, 15) is 13.5 Å². The van der Waals surface area contributed by atoms with E-state index < -0.39 is 10.0 Å². The normalized spacial score (nSPS) is 11.6. The fourth-order valence-electron chi connectivity index (χ4n) is 1.99. The minimum Gasteiger partial charge on any atom is -0.390 e. The zero-order valence-corrected chi connectivity index (χ0v) is 14.0. The summed E-state index contributed by atoms with van der Waals surface area (Å²) >= 11 is 3.30. The predicted octanol–water partition coefficient (Wildman–Crippen LogP) is 2.95. The Labute approximate surface area is 132 Å². The van der Waals surface area contributed by atoms with Crippen molar-refractivity contribution in [2.75, 3.05) is 4.72 Å². The number of nitrogens with one attached hydrogen (secondary N) is 1. The maximum absolute atomic E-state index is 12.4. The van der Waals surface area contributed by atoms with E-state index in [-0.39, 0.29) is 11.5 Å². The van der Waals surface area contributed by atoms with Crippen LogP contribution in [0, 0.1) is 0 Å². The molecule has 114 valence electrons. The van der Waals surface area contributed by atoms with Gasteiger partial charge in [-0.2, -0.15) is 0 Å². The molecule has 0 saturated heterocycles. The summed E-state index contributed by atoms with van der Waals surface area (Å²) in [5.41, 5.74) is 1.08. The number of nitrogens with zero attached hydrogens (tertiary/aromatic N) is 1. The molecule has 2 N–H and O–H groups in total. The number of aromatic nitrogens is 1. The maximum Gasteiger partial charge on any atom is 0.263 e. The fraction of sp³-hybridized carbons (Fsp3) is 0.286. The molecule has 0 aliphatic heterocycles. The van der Waals surface area contributed by atoms with Gasteiger partial charge in [-0.25, -0.2) is 8.42 Å². The summed E-state index contributed by atoms with van der Waals surface area (Å²) in [6, 6.07) is 8.38. The average Bonchev–Trinajstić information content (AvgIpc) is 2.86. The highest BCUT2D eigenvalue weighted by atomic mass is 79.9. The van der Waals surface area contributed by atoms with Crippen LogP contribution in [0.15, 0.2) is 45.9 Å². The Balaban J connectivity index is 2.28. The third-order valence-corrected chi connectivity index (χ3v) is 4.87. The highest BCUT2D eigenvalue weighted by Gasteiger charge is 2.18. The number of aliphatic hydroxyl groups excluding tert-OH is 1. The van der Waals surface area contributed by atoms with Crippen molar-refractivity contribution in [1.29, 1.82) is 0 Å². The maximum atomic E-state index is 12.4. The van der Waals surface area contributed by atoms with Crippen molar-refractivity contribution in [1.82, 2.24) is 4.57 Å². The summed E-state index contributed by atoms with van der Waals surface area (Å²) < 4.78 is 29.9. The number of hydrogen-bond acceptors (Lipinski definition) is 3. The van der Waals surface area contributed by atoms with E-state index in [1.807, 2.05) is 6.92 Å². The van der Waals surface area contributed by atoms with Crippen LogP contribution in [-0.2, 0) is 23.2 Å². The first-order valence-electron chi connectivity index (χ1n) is 6.54. The van der Waals surface area contributed by atoms with Gasteiger partial charge in [-0.15, -0.1) is 0 Å². The van der Waals surface area contributed by atoms with Crippen molar-refractivity contribution in [3.63, 3.8) is 0 Å². The number of anilines is 1. The largest absolute Gasteiger partial charge is 0.390 e. The minimum atomic E-state index is -3.65. The molecule has 0 radical (unpaired) electrons. The molecule has 0 bridgehead atoms. The van der Waals surface area contributed by atoms with Crippen LogP contribution in [0.5, 0.6) is 0 Å². The van der Waals surface area contributed by atoms with Crippen molar-refractivity contribution >= 4 is 31.6 Å². The molecule has 0 atom stereocenters. The highest BCUT2D eigenvalue weighted by molar-refractivity contribution is 9.10. The van der Waals surface area contributed by atoms with Crippen molar-refractivity contribution in [2.24, 2.45) is 0 Å². The van der Waals surface area contributed by atoms with Gasteiger partial charge < -0.3 is 9.67 Å². The van der Waals surface area contributed by atoms with Gasteiger partial charge in [0.2, 0.25) is 0 Å². The van der Waals surface area contributed by atoms with Crippen LogP contribution >= 0.6 is 15.9 Å². The monoisotopic (exact) mass is 372 g/mol. The van der Waals surface area contributed by atoms with Gasteiger partial charge in [0.15, 0.2) is 0 Å². The first-order chi connectivity index (χ1) is 9.96. The third-order valence-electron chi connectivity index (χ3n) is 2.99. The van der Waals surface area contributed by atoms with Gasteiger partial charge in [0.1, 0.15) is 4.90 Å². The molecule has 5 nitrogen and oxygen atoms in total. The Kier molecular flexibility index (Phi) is 5.08. The SMILES string of the molecule is CCCn1cc(S(=O)(=O)Nc2ccc(Br)cc2)cc1CO. The molecule has 0 aliphatic carbocycles. The van der Waals surface area contributed by atoms with Gasteiger partial charge in [-0.05, 0) is 36.8 Å². The number of sulfonamides is 1. The van der Waals surface area contributed by atoms with E-state index in [2.05, 4.69) is 20.7 Å². The first kappa shape index (κ1) is 16.1.